The third kappa shape index (κ3) is 4.12. The molecule has 25 heavy (non-hydrogen) atoms. The molecule has 0 atom stereocenters. The van der Waals surface area contributed by atoms with Gasteiger partial charge in [0.2, 0.25) is 0 Å². The molecule has 1 aromatic heterocycles. The van der Waals surface area contributed by atoms with Gasteiger partial charge >= 0.3 is 5.97 Å². The van der Waals surface area contributed by atoms with Crippen molar-refractivity contribution in [3.8, 4) is 12.1 Å². The van der Waals surface area contributed by atoms with E-state index < -0.39 is 11.5 Å². The van der Waals surface area contributed by atoms with Gasteiger partial charge in [0.1, 0.15) is 23.3 Å². The standard InChI is InChI=1S/C18H14N4O3/c1-2-25-18(24)12(9-19)8-13-11-21-17(23)15(10-20)16(13)22-14-6-4-3-5-7-14/h3-8,11H,2H2,1H3,(H2,21,22,23). The Labute approximate surface area is 143 Å². The van der Waals surface area contributed by atoms with Gasteiger partial charge < -0.3 is 15.0 Å². The highest BCUT2D eigenvalue weighted by atomic mass is 16.5. The lowest BCUT2D eigenvalue weighted by molar-refractivity contribution is -0.137. The highest BCUT2D eigenvalue weighted by Gasteiger charge is 2.15. The molecule has 2 rings (SSSR count). The minimum atomic E-state index is -0.777. The number of anilines is 2. The van der Waals surface area contributed by atoms with E-state index >= 15 is 0 Å². The van der Waals surface area contributed by atoms with Gasteiger partial charge in [-0.25, -0.2) is 4.79 Å². The fraction of sp³-hybridized carbons (Fsp3) is 0.111. The minimum Gasteiger partial charge on any atom is -0.462 e. The third-order valence-corrected chi connectivity index (χ3v) is 3.20. The molecule has 2 N–H and O–H groups in total. The fourth-order valence-corrected chi connectivity index (χ4v) is 2.07. The highest BCUT2D eigenvalue weighted by molar-refractivity contribution is 5.99. The Bertz CT molecular complexity index is 947. The quantitative estimate of drug-likeness (QED) is 0.492. The van der Waals surface area contributed by atoms with Crippen molar-refractivity contribution in [1.82, 2.24) is 4.98 Å². The van der Waals surface area contributed by atoms with Crippen LogP contribution in [0.15, 0.2) is 46.9 Å². The summed E-state index contributed by atoms with van der Waals surface area (Å²) < 4.78 is 4.82. The number of nitriles is 2. The lowest BCUT2D eigenvalue weighted by Gasteiger charge is -2.11. The molecular formula is C18H14N4O3. The maximum atomic E-state index is 11.9. The molecule has 1 aromatic carbocycles. The largest absolute Gasteiger partial charge is 0.462 e. The number of hydrogen-bond donors (Lipinski definition) is 2. The van der Waals surface area contributed by atoms with Gasteiger partial charge in [0, 0.05) is 17.4 Å². The summed E-state index contributed by atoms with van der Waals surface area (Å²) in [4.78, 5) is 26.1. The first-order chi connectivity index (χ1) is 12.1. The number of ether oxygens (including phenoxy) is 1. The number of carbonyl (C=O) groups is 1. The topological polar surface area (TPSA) is 119 Å². The number of esters is 1. The zero-order valence-corrected chi connectivity index (χ0v) is 13.4. The van der Waals surface area contributed by atoms with E-state index in [1.54, 1.807) is 37.3 Å². The molecule has 1 heterocycles. The second-order valence-electron chi connectivity index (χ2n) is 4.82. The SMILES string of the molecule is CCOC(=O)C(C#N)=Cc1c[nH]c(=O)c(C#N)c1Nc1ccccc1. The number of benzene rings is 1. The van der Waals surface area contributed by atoms with E-state index in [-0.39, 0.29) is 23.4 Å². The minimum absolute atomic E-state index is 0.127. The maximum absolute atomic E-state index is 11.9. The van der Waals surface area contributed by atoms with Gasteiger partial charge in [-0.05, 0) is 25.1 Å². The Hall–Kier alpha value is -3.84. The Morgan fingerprint density at radius 3 is 2.64 bits per heavy atom. The molecule has 0 amide bonds. The predicted molar refractivity (Wildman–Crippen MR) is 91.7 cm³/mol. The second kappa shape index (κ2) is 8.14. The van der Waals surface area contributed by atoms with Gasteiger partial charge in [-0.2, -0.15) is 10.5 Å². The number of aromatic amines is 1. The van der Waals surface area contributed by atoms with Crippen molar-refractivity contribution >= 4 is 23.4 Å². The van der Waals surface area contributed by atoms with Crippen LogP contribution in [0.2, 0.25) is 0 Å². The van der Waals surface area contributed by atoms with Crippen molar-refractivity contribution < 1.29 is 9.53 Å². The Morgan fingerprint density at radius 1 is 1.32 bits per heavy atom. The van der Waals surface area contributed by atoms with Crippen LogP contribution in [0.5, 0.6) is 0 Å². The van der Waals surface area contributed by atoms with Gasteiger partial charge in [-0.1, -0.05) is 18.2 Å². The van der Waals surface area contributed by atoms with Crippen molar-refractivity contribution in [3.63, 3.8) is 0 Å². The fourth-order valence-electron chi connectivity index (χ4n) is 2.07. The lowest BCUT2D eigenvalue weighted by atomic mass is 10.1. The molecule has 0 radical (unpaired) electrons. The van der Waals surface area contributed by atoms with E-state index in [1.807, 2.05) is 12.1 Å². The average Bonchev–Trinajstić information content (AvgIpc) is 2.62. The molecule has 0 aliphatic carbocycles. The van der Waals surface area contributed by atoms with Gasteiger partial charge in [-0.3, -0.25) is 4.79 Å². The summed E-state index contributed by atoms with van der Waals surface area (Å²) in [6, 6.07) is 12.5. The zero-order chi connectivity index (χ0) is 18.2. The number of rotatable bonds is 5. The summed E-state index contributed by atoms with van der Waals surface area (Å²) in [5, 5.41) is 21.5. The number of pyridine rings is 1. The second-order valence-corrected chi connectivity index (χ2v) is 4.82. The van der Waals surface area contributed by atoms with E-state index in [9.17, 15) is 14.9 Å². The molecule has 0 saturated heterocycles. The van der Waals surface area contributed by atoms with E-state index in [2.05, 4.69) is 10.3 Å². The van der Waals surface area contributed by atoms with Crippen LogP contribution in [0.4, 0.5) is 11.4 Å². The lowest BCUT2D eigenvalue weighted by Crippen LogP contribution is -2.14. The molecule has 124 valence electrons. The zero-order valence-electron chi connectivity index (χ0n) is 13.4. The predicted octanol–water partition coefficient (Wildman–Crippen LogP) is 2.46. The monoisotopic (exact) mass is 334 g/mol. The molecule has 0 spiro atoms. The van der Waals surface area contributed by atoms with Crippen molar-refractivity contribution in [2.75, 3.05) is 11.9 Å². The summed E-state index contributed by atoms with van der Waals surface area (Å²) in [7, 11) is 0. The number of carbonyl (C=O) groups excluding carboxylic acids is 1. The maximum Gasteiger partial charge on any atom is 0.348 e. The molecule has 0 aliphatic rings. The molecule has 0 saturated carbocycles. The molecule has 0 bridgehead atoms. The molecule has 0 unspecified atom stereocenters. The molecule has 0 fully saturated rings. The first kappa shape index (κ1) is 17.5. The van der Waals surface area contributed by atoms with Crippen LogP contribution >= 0.6 is 0 Å². The number of nitrogens with one attached hydrogen (secondary N) is 2. The summed E-state index contributed by atoms with van der Waals surface area (Å²) >= 11 is 0. The van der Waals surface area contributed by atoms with E-state index in [0.717, 1.165) is 0 Å². The summed E-state index contributed by atoms with van der Waals surface area (Å²) in [6.45, 7) is 1.76. The number of H-pyrrole nitrogens is 1. The van der Waals surface area contributed by atoms with Crippen molar-refractivity contribution in [2.24, 2.45) is 0 Å². The summed E-state index contributed by atoms with van der Waals surface area (Å²) in [5.41, 5.74) is 0.188. The third-order valence-electron chi connectivity index (χ3n) is 3.20. The van der Waals surface area contributed by atoms with Crippen LogP contribution in [0.25, 0.3) is 6.08 Å². The molecule has 2 aromatic rings. The van der Waals surface area contributed by atoms with Crippen LogP contribution in [0, 0.1) is 22.7 Å². The van der Waals surface area contributed by atoms with Crippen LogP contribution in [0.3, 0.4) is 0 Å². The number of nitrogens with zero attached hydrogens (tertiary/aromatic N) is 2. The van der Waals surface area contributed by atoms with Gasteiger partial charge in [0.15, 0.2) is 0 Å². The molecule has 7 nitrogen and oxygen atoms in total. The van der Waals surface area contributed by atoms with Crippen molar-refractivity contribution in [2.45, 2.75) is 6.92 Å². The highest BCUT2D eigenvalue weighted by Crippen LogP contribution is 2.24. The van der Waals surface area contributed by atoms with Crippen LogP contribution in [-0.4, -0.2) is 17.6 Å². The Balaban J connectivity index is 2.59. The van der Waals surface area contributed by atoms with Gasteiger partial charge in [-0.15, -0.1) is 0 Å². The summed E-state index contributed by atoms with van der Waals surface area (Å²) in [5.74, 6) is -0.777. The summed E-state index contributed by atoms with van der Waals surface area (Å²) in [6.07, 6.45) is 2.59. The first-order valence-electron chi connectivity index (χ1n) is 7.37. The van der Waals surface area contributed by atoms with Gasteiger partial charge in [0.25, 0.3) is 5.56 Å². The van der Waals surface area contributed by atoms with E-state index in [0.29, 0.717) is 11.3 Å². The smallest absolute Gasteiger partial charge is 0.348 e. The molecule has 7 heteroatoms. The number of aromatic nitrogens is 1. The molecular weight excluding hydrogens is 320 g/mol. The van der Waals surface area contributed by atoms with Crippen molar-refractivity contribution in [3.05, 3.63) is 63.6 Å². The normalized spacial score (nSPS) is 10.4. The Kier molecular flexibility index (Phi) is 5.70. The number of hydrogen-bond acceptors (Lipinski definition) is 6. The van der Waals surface area contributed by atoms with E-state index in [1.165, 1.54) is 12.3 Å². The van der Waals surface area contributed by atoms with Crippen LogP contribution in [0.1, 0.15) is 18.1 Å². The number of para-hydroxylation sites is 1. The molecule has 0 aliphatic heterocycles. The average molecular weight is 334 g/mol. The first-order valence-corrected chi connectivity index (χ1v) is 7.37. The van der Waals surface area contributed by atoms with Gasteiger partial charge in [0.05, 0.1) is 12.3 Å². The van der Waals surface area contributed by atoms with E-state index in [4.69, 9.17) is 10.00 Å². The Morgan fingerprint density at radius 2 is 2.04 bits per heavy atom. The van der Waals surface area contributed by atoms with Crippen molar-refractivity contribution in [1.29, 1.82) is 10.5 Å². The van der Waals surface area contributed by atoms with Crippen LogP contribution < -0.4 is 10.9 Å². The van der Waals surface area contributed by atoms with Crippen LogP contribution in [-0.2, 0) is 9.53 Å².